The van der Waals surface area contributed by atoms with Crippen molar-refractivity contribution in [1.29, 1.82) is 0 Å². The zero-order valence-corrected chi connectivity index (χ0v) is 12.0. The van der Waals surface area contributed by atoms with Gasteiger partial charge < -0.3 is 4.74 Å². The van der Waals surface area contributed by atoms with E-state index in [4.69, 9.17) is 16.3 Å². The van der Waals surface area contributed by atoms with Gasteiger partial charge in [-0.2, -0.15) is 0 Å². The van der Waals surface area contributed by atoms with Crippen molar-refractivity contribution in [3.8, 4) is 5.75 Å². The first-order valence-corrected chi connectivity index (χ1v) is 6.43. The number of methoxy groups -OCH3 is 1. The summed E-state index contributed by atoms with van der Waals surface area (Å²) in [5, 5.41) is 0.589. The van der Waals surface area contributed by atoms with Crippen molar-refractivity contribution in [1.82, 2.24) is 0 Å². The SMILES string of the molecule is COc1ccc(C=Nc2ccc(C)c(C)c2)cc1Cl. The first kappa shape index (κ1) is 13.6. The van der Waals surface area contributed by atoms with E-state index in [1.807, 2.05) is 24.3 Å². The van der Waals surface area contributed by atoms with E-state index in [1.165, 1.54) is 11.1 Å². The van der Waals surface area contributed by atoms with Gasteiger partial charge in [0.25, 0.3) is 0 Å². The molecule has 0 spiro atoms. The van der Waals surface area contributed by atoms with E-state index in [2.05, 4.69) is 31.0 Å². The summed E-state index contributed by atoms with van der Waals surface area (Å²) in [6, 6.07) is 11.7. The number of hydrogen-bond acceptors (Lipinski definition) is 2. The molecule has 0 fully saturated rings. The second kappa shape index (κ2) is 5.89. The van der Waals surface area contributed by atoms with Crippen molar-refractivity contribution in [2.24, 2.45) is 4.99 Å². The maximum Gasteiger partial charge on any atom is 0.137 e. The molecule has 0 saturated carbocycles. The first-order chi connectivity index (χ1) is 9.10. The van der Waals surface area contributed by atoms with Gasteiger partial charge in [-0.05, 0) is 60.9 Å². The van der Waals surface area contributed by atoms with Gasteiger partial charge in [-0.1, -0.05) is 17.7 Å². The third-order valence-electron chi connectivity index (χ3n) is 3.03. The molecule has 0 heterocycles. The van der Waals surface area contributed by atoms with Crippen LogP contribution in [0.4, 0.5) is 5.69 Å². The maximum atomic E-state index is 6.07. The third-order valence-corrected chi connectivity index (χ3v) is 3.32. The van der Waals surface area contributed by atoms with Crippen LogP contribution in [0.25, 0.3) is 0 Å². The molecule has 0 unspecified atom stereocenters. The van der Waals surface area contributed by atoms with Crippen molar-refractivity contribution in [2.45, 2.75) is 13.8 Å². The summed E-state index contributed by atoms with van der Waals surface area (Å²) < 4.78 is 5.12. The van der Waals surface area contributed by atoms with E-state index < -0.39 is 0 Å². The summed E-state index contributed by atoms with van der Waals surface area (Å²) in [6.45, 7) is 4.17. The molecule has 0 amide bonds. The Labute approximate surface area is 118 Å². The van der Waals surface area contributed by atoms with E-state index in [1.54, 1.807) is 13.3 Å². The van der Waals surface area contributed by atoms with Gasteiger partial charge in [0, 0.05) is 6.21 Å². The van der Waals surface area contributed by atoms with Crippen molar-refractivity contribution in [3.05, 3.63) is 58.1 Å². The molecule has 98 valence electrons. The second-order valence-electron chi connectivity index (χ2n) is 4.42. The minimum Gasteiger partial charge on any atom is -0.495 e. The number of halogens is 1. The van der Waals surface area contributed by atoms with Crippen LogP contribution in [-0.4, -0.2) is 13.3 Å². The Morgan fingerprint density at radius 2 is 1.84 bits per heavy atom. The first-order valence-electron chi connectivity index (χ1n) is 6.05. The number of aliphatic imine (C=N–C) groups is 1. The van der Waals surface area contributed by atoms with E-state index in [0.29, 0.717) is 10.8 Å². The predicted octanol–water partition coefficient (Wildman–Crippen LogP) is 4.72. The average molecular weight is 274 g/mol. The van der Waals surface area contributed by atoms with Crippen LogP contribution >= 0.6 is 11.6 Å². The second-order valence-corrected chi connectivity index (χ2v) is 4.83. The highest BCUT2D eigenvalue weighted by Crippen LogP contribution is 2.24. The normalized spacial score (nSPS) is 10.9. The van der Waals surface area contributed by atoms with Gasteiger partial charge >= 0.3 is 0 Å². The highest BCUT2D eigenvalue weighted by molar-refractivity contribution is 6.32. The number of aryl methyl sites for hydroxylation is 2. The molecule has 0 atom stereocenters. The molecular weight excluding hydrogens is 258 g/mol. The molecule has 2 rings (SSSR count). The zero-order valence-electron chi connectivity index (χ0n) is 11.3. The molecular formula is C16H16ClNO. The Morgan fingerprint density at radius 1 is 1.05 bits per heavy atom. The molecule has 0 aliphatic rings. The molecule has 2 aromatic rings. The fraction of sp³-hybridized carbons (Fsp3) is 0.188. The van der Waals surface area contributed by atoms with Gasteiger partial charge in [0.05, 0.1) is 17.8 Å². The number of hydrogen-bond donors (Lipinski definition) is 0. The number of ether oxygens (including phenoxy) is 1. The van der Waals surface area contributed by atoms with Gasteiger partial charge in [0.1, 0.15) is 5.75 Å². The summed E-state index contributed by atoms with van der Waals surface area (Å²) in [5.74, 6) is 0.671. The van der Waals surface area contributed by atoms with Crippen molar-refractivity contribution >= 4 is 23.5 Å². The largest absolute Gasteiger partial charge is 0.495 e. The number of benzene rings is 2. The maximum absolute atomic E-state index is 6.07. The quantitative estimate of drug-likeness (QED) is 0.742. The summed E-state index contributed by atoms with van der Waals surface area (Å²) >= 11 is 6.07. The molecule has 0 bridgehead atoms. The molecule has 0 aliphatic carbocycles. The Bertz CT molecular complexity index is 620. The van der Waals surface area contributed by atoms with E-state index in [9.17, 15) is 0 Å². The highest BCUT2D eigenvalue weighted by atomic mass is 35.5. The standard InChI is InChI=1S/C16H16ClNO/c1-11-4-6-14(8-12(11)2)18-10-13-5-7-16(19-3)15(17)9-13/h4-10H,1-3H3. The minimum atomic E-state index is 0.589. The minimum absolute atomic E-state index is 0.589. The summed E-state index contributed by atoms with van der Waals surface area (Å²) in [7, 11) is 1.60. The van der Waals surface area contributed by atoms with E-state index >= 15 is 0 Å². The lowest BCUT2D eigenvalue weighted by atomic mass is 10.1. The number of rotatable bonds is 3. The van der Waals surface area contributed by atoms with Crippen LogP contribution in [0.2, 0.25) is 5.02 Å². The van der Waals surface area contributed by atoms with E-state index in [0.717, 1.165) is 11.3 Å². The Morgan fingerprint density at radius 3 is 2.47 bits per heavy atom. The molecule has 0 saturated heterocycles. The fourth-order valence-electron chi connectivity index (χ4n) is 1.72. The monoisotopic (exact) mass is 273 g/mol. The van der Waals surface area contributed by atoms with Crippen molar-refractivity contribution < 1.29 is 4.74 Å². The lowest BCUT2D eigenvalue weighted by Crippen LogP contribution is -1.86. The molecule has 3 heteroatoms. The van der Waals surface area contributed by atoms with Crippen LogP contribution in [0.5, 0.6) is 5.75 Å². The molecule has 0 aromatic heterocycles. The Balaban J connectivity index is 2.22. The highest BCUT2D eigenvalue weighted by Gasteiger charge is 2.00. The average Bonchev–Trinajstić information content (AvgIpc) is 2.40. The van der Waals surface area contributed by atoms with Crippen LogP contribution in [0.3, 0.4) is 0 Å². The van der Waals surface area contributed by atoms with Gasteiger partial charge in [0.15, 0.2) is 0 Å². The van der Waals surface area contributed by atoms with Crippen LogP contribution in [0, 0.1) is 13.8 Å². The molecule has 2 nitrogen and oxygen atoms in total. The Hall–Kier alpha value is -1.80. The topological polar surface area (TPSA) is 21.6 Å². The van der Waals surface area contributed by atoms with Crippen LogP contribution in [0.1, 0.15) is 16.7 Å². The van der Waals surface area contributed by atoms with Crippen molar-refractivity contribution in [3.63, 3.8) is 0 Å². The number of nitrogens with zero attached hydrogens (tertiary/aromatic N) is 1. The molecule has 0 radical (unpaired) electrons. The third kappa shape index (κ3) is 3.36. The van der Waals surface area contributed by atoms with Gasteiger partial charge in [0.2, 0.25) is 0 Å². The fourth-order valence-corrected chi connectivity index (χ4v) is 1.98. The lowest BCUT2D eigenvalue weighted by Gasteiger charge is -2.03. The predicted molar refractivity (Wildman–Crippen MR) is 81.2 cm³/mol. The van der Waals surface area contributed by atoms with Gasteiger partial charge in [-0.15, -0.1) is 0 Å². The van der Waals surface area contributed by atoms with E-state index in [-0.39, 0.29) is 0 Å². The molecule has 0 aliphatic heterocycles. The summed E-state index contributed by atoms with van der Waals surface area (Å²) in [6.07, 6.45) is 1.80. The van der Waals surface area contributed by atoms with Crippen LogP contribution in [-0.2, 0) is 0 Å². The van der Waals surface area contributed by atoms with Crippen LogP contribution in [0.15, 0.2) is 41.4 Å². The Kier molecular flexibility index (Phi) is 4.23. The van der Waals surface area contributed by atoms with Crippen LogP contribution < -0.4 is 4.74 Å². The smallest absolute Gasteiger partial charge is 0.137 e. The van der Waals surface area contributed by atoms with Gasteiger partial charge in [-0.3, -0.25) is 4.99 Å². The zero-order chi connectivity index (χ0) is 13.8. The molecule has 19 heavy (non-hydrogen) atoms. The molecule has 0 N–H and O–H groups in total. The summed E-state index contributed by atoms with van der Waals surface area (Å²) in [4.78, 5) is 4.45. The van der Waals surface area contributed by atoms with Crippen molar-refractivity contribution in [2.75, 3.05) is 7.11 Å². The van der Waals surface area contributed by atoms with Gasteiger partial charge in [-0.25, -0.2) is 0 Å². The lowest BCUT2D eigenvalue weighted by molar-refractivity contribution is 0.415. The molecule has 2 aromatic carbocycles. The summed E-state index contributed by atoms with van der Waals surface area (Å²) in [5.41, 5.74) is 4.40.